The molecule has 6 nitrogen and oxygen atoms in total. The molecule has 21 heavy (non-hydrogen) atoms. The second-order valence-electron chi connectivity index (χ2n) is 6.07. The van der Waals surface area contributed by atoms with Crippen LogP contribution in [0.15, 0.2) is 4.99 Å². The van der Waals surface area contributed by atoms with E-state index in [1.807, 2.05) is 0 Å². The van der Waals surface area contributed by atoms with Crippen molar-refractivity contribution < 1.29 is 8.42 Å². The summed E-state index contributed by atoms with van der Waals surface area (Å²) in [4.78, 5) is 6.44. The lowest BCUT2D eigenvalue weighted by Crippen LogP contribution is -2.48. The Morgan fingerprint density at radius 3 is 2.43 bits per heavy atom. The molecule has 1 saturated carbocycles. The number of nitrogens with one attached hydrogen (secondary N) is 2. The lowest BCUT2D eigenvalue weighted by Gasteiger charge is -2.26. The quantitative estimate of drug-likeness (QED) is 0.373. The fourth-order valence-electron chi connectivity index (χ4n) is 2.75. The lowest BCUT2D eigenvalue weighted by atomic mass is 10.1. The maximum Gasteiger partial charge on any atom is 0.191 e. The van der Waals surface area contributed by atoms with E-state index in [9.17, 15) is 8.42 Å². The van der Waals surface area contributed by atoms with Gasteiger partial charge in [-0.05, 0) is 39.3 Å². The van der Waals surface area contributed by atoms with Crippen LogP contribution in [0, 0.1) is 5.92 Å². The molecule has 2 atom stereocenters. The summed E-state index contributed by atoms with van der Waals surface area (Å²) in [5.41, 5.74) is 0. The standard InChI is InChI=1S/C13H26N4O2S.HI/c1-14-13(16-11-6-7-20(18,19)9-11)15-8-12(17(2)3)10-4-5-10;/h10-12H,4-9H2,1-3H3,(H2,14,15,16);1H. The van der Waals surface area contributed by atoms with E-state index in [0.717, 1.165) is 12.5 Å². The average Bonchev–Trinajstić information content (AvgIpc) is 3.13. The summed E-state index contributed by atoms with van der Waals surface area (Å²) in [6.45, 7) is 0.844. The van der Waals surface area contributed by atoms with Crippen LogP contribution in [0.25, 0.3) is 0 Å². The number of halogens is 1. The lowest BCUT2D eigenvalue weighted by molar-refractivity contribution is 0.264. The smallest absolute Gasteiger partial charge is 0.191 e. The normalized spacial score (nSPS) is 26.3. The van der Waals surface area contributed by atoms with Crippen molar-refractivity contribution in [2.45, 2.75) is 31.3 Å². The van der Waals surface area contributed by atoms with Gasteiger partial charge in [-0.2, -0.15) is 0 Å². The molecule has 2 N–H and O–H groups in total. The van der Waals surface area contributed by atoms with Crippen LogP contribution in [0.2, 0.25) is 0 Å². The fourth-order valence-corrected chi connectivity index (χ4v) is 4.42. The molecule has 2 fully saturated rings. The molecule has 8 heteroatoms. The number of hydrogen-bond donors (Lipinski definition) is 2. The molecule has 1 heterocycles. The molecule has 1 aliphatic carbocycles. The van der Waals surface area contributed by atoms with Gasteiger partial charge in [0.05, 0.1) is 11.5 Å². The average molecular weight is 430 g/mol. The van der Waals surface area contributed by atoms with Gasteiger partial charge >= 0.3 is 0 Å². The van der Waals surface area contributed by atoms with Crippen LogP contribution in [-0.4, -0.2) is 70.6 Å². The third kappa shape index (κ3) is 5.90. The predicted molar refractivity (Wildman–Crippen MR) is 97.2 cm³/mol. The molecule has 1 aliphatic heterocycles. The summed E-state index contributed by atoms with van der Waals surface area (Å²) in [7, 11) is 3.08. The van der Waals surface area contributed by atoms with Crippen LogP contribution in [0.1, 0.15) is 19.3 Å². The number of likely N-dealkylation sites (N-methyl/N-ethyl adjacent to an activating group) is 1. The molecule has 0 aromatic rings. The highest BCUT2D eigenvalue weighted by Crippen LogP contribution is 2.34. The van der Waals surface area contributed by atoms with Crippen molar-refractivity contribution in [2.75, 3.05) is 39.2 Å². The number of nitrogens with zero attached hydrogens (tertiary/aromatic N) is 2. The fraction of sp³-hybridized carbons (Fsp3) is 0.923. The largest absolute Gasteiger partial charge is 0.355 e. The van der Waals surface area contributed by atoms with Crippen molar-refractivity contribution in [3.05, 3.63) is 0 Å². The highest BCUT2D eigenvalue weighted by atomic mass is 127. The van der Waals surface area contributed by atoms with Gasteiger partial charge in [0.25, 0.3) is 0 Å². The Hall–Kier alpha value is -0.0900. The van der Waals surface area contributed by atoms with Crippen LogP contribution in [0.3, 0.4) is 0 Å². The number of sulfone groups is 1. The molecular formula is C13H27IN4O2S. The highest BCUT2D eigenvalue weighted by molar-refractivity contribution is 14.0. The molecule has 0 aromatic carbocycles. The predicted octanol–water partition coefficient (Wildman–Crippen LogP) is 0.297. The summed E-state index contributed by atoms with van der Waals surface area (Å²) in [5, 5.41) is 6.54. The van der Waals surface area contributed by atoms with Crippen molar-refractivity contribution in [2.24, 2.45) is 10.9 Å². The first-order valence-electron chi connectivity index (χ1n) is 7.25. The van der Waals surface area contributed by atoms with Crippen LogP contribution < -0.4 is 10.6 Å². The number of rotatable bonds is 5. The van der Waals surface area contributed by atoms with Gasteiger partial charge in [-0.3, -0.25) is 4.99 Å². The van der Waals surface area contributed by atoms with Crippen LogP contribution in [-0.2, 0) is 9.84 Å². The SMILES string of the molecule is CN=C(NCC(C1CC1)N(C)C)NC1CCS(=O)(=O)C1.I. The second kappa shape index (κ2) is 7.96. The van der Waals surface area contributed by atoms with E-state index in [1.165, 1.54) is 12.8 Å². The van der Waals surface area contributed by atoms with E-state index in [1.54, 1.807) is 7.05 Å². The minimum atomic E-state index is -2.85. The molecule has 2 unspecified atom stereocenters. The monoisotopic (exact) mass is 430 g/mol. The van der Waals surface area contributed by atoms with E-state index in [-0.39, 0.29) is 41.5 Å². The minimum absolute atomic E-state index is 0. The van der Waals surface area contributed by atoms with Gasteiger partial charge in [0, 0.05) is 25.7 Å². The summed E-state index contributed by atoms with van der Waals surface area (Å²) in [6.07, 6.45) is 3.28. The van der Waals surface area contributed by atoms with Crippen molar-refractivity contribution in [1.82, 2.24) is 15.5 Å². The molecule has 0 radical (unpaired) electrons. The summed E-state index contributed by atoms with van der Waals surface area (Å²) in [6, 6.07) is 0.505. The maximum atomic E-state index is 11.5. The summed E-state index contributed by atoms with van der Waals surface area (Å²) >= 11 is 0. The molecule has 0 bridgehead atoms. The molecule has 1 saturated heterocycles. The number of hydrogen-bond acceptors (Lipinski definition) is 4. The second-order valence-corrected chi connectivity index (χ2v) is 8.29. The Labute approximate surface area is 145 Å². The Morgan fingerprint density at radius 1 is 1.33 bits per heavy atom. The van der Waals surface area contributed by atoms with Gasteiger partial charge < -0.3 is 15.5 Å². The Bertz CT molecular complexity index is 461. The first kappa shape index (κ1) is 19.0. The highest BCUT2D eigenvalue weighted by Gasteiger charge is 2.33. The molecule has 0 spiro atoms. The van der Waals surface area contributed by atoms with E-state index in [4.69, 9.17) is 0 Å². The van der Waals surface area contributed by atoms with Crippen molar-refractivity contribution in [1.29, 1.82) is 0 Å². The van der Waals surface area contributed by atoms with E-state index < -0.39 is 9.84 Å². The first-order valence-corrected chi connectivity index (χ1v) is 9.07. The zero-order valence-electron chi connectivity index (χ0n) is 13.0. The van der Waals surface area contributed by atoms with Crippen LogP contribution in [0.4, 0.5) is 0 Å². The maximum absolute atomic E-state index is 11.5. The zero-order chi connectivity index (χ0) is 14.8. The molecule has 2 aliphatic rings. The molecule has 0 aromatic heterocycles. The molecule has 2 rings (SSSR count). The van der Waals surface area contributed by atoms with E-state index in [0.29, 0.717) is 18.4 Å². The third-order valence-corrected chi connectivity index (χ3v) is 5.87. The van der Waals surface area contributed by atoms with Gasteiger partial charge in [-0.25, -0.2) is 8.42 Å². The van der Waals surface area contributed by atoms with E-state index >= 15 is 0 Å². The van der Waals surface area contributed by atoms with Gasteiger partial charge in [0.2, 0.25) is 0 Å². The van der Waals surface area contributed by atoms with Crippen molar-refractivity contribution in [3.8, 4) is 0 Å². The number of aliphatic imine (C=N–C) groups is 1. The third-order valence-electron chi connectivity index (χ3n) is 4.10. The van der Waals surface area contributed by atoms with Gasteiger partial charge in [0.15, 0.2) is 15.8 Å². The first-order chi connectivity index (χ1) is 9.41. The minimum Gasteiger partial charge on any atom is -0.355 e. The van der Waals surface area contributed by atoms with Gasteiger partial charge in [0.1, 0.15) is 0 Å². The topological polar surface area (TPSA) is 73.8 Å². The Kier molecular flexibility index (Phi) is 7.18. The Morgan fingerprint density at radius 2 is 2.00 bits per heavy atom. The van der Waals surface area contributed by atoms with Crippen LogP contribution in [0.5, 0.6) is 0 Å². The van der Waals surface area contributed by atoms with Crippen molar-refractivity contribution >= 4 is 39.8 Å². The zero-order valence-corrected chi connectivity index (χ0v) is 16.1. The Balaban J connectivity index is 0.00000220. The summed E-state index contributed by atoms with van der Waals surface area (Å²) < 4.78 is 22.9. The van der Waals surface area contributed by atoms with Crippen LogP contribution >= 0.6 is 24.0 Å². The molecule has 124 valence electrons. The number of guanidine groups is 1. The van der Waals surface area contributed by atoms with E-state index in [2.05, 4.69) is 34.6 Å². The summed E-state index contributed by atoms with van der Waals surface area (Å²) in [5.74, 6) is 1.99. The van der Waals surface area contributed by atoms with Crippen molar-refractivity contribution in [3.63, 3.8) is 0 Å². The van der Waals surface area contributed by atoms with Gasteiger partial charge in [-0.15, -0.1) is 24.0 Å². The molecular weight excluding hydrogens is 403 g/mol. The van der Waals surface area contributed by atoms with Gasteiger partial charge in [-0.1, -0.05) is 0 Å². The molecule has 0 amide bonds.